The second-order valence-electron chi connectivity index (χ2n) is 12.0. The number of fused-ring (bicyclic) bond motifs is 3. The van der Waals surface area contributed by atoms with E-state index in [-0.39, 0.29) is 0 Å². The molecule has 0 atom stereocenters. The van der Waals surface area contributed by atoms with Gasteiger partial charge >= 0.3 is 0 Å². The van der Waals surface area contributed by atoms with Gasteiger partial charge in [-0.25, -0.2) is 9.97 Å². The molecule has 5 aromatic carbocycles. The van der Waals surface area contributed by atoms with Gasteiger partial charge in [0.15, 0.2) is 5.82 Å². The maximum absolute atomic E-state index is 5.06. The van der Waals surface area contributed by atoms with Crippen molar-refractivity contribution in [2.24, 2.45) is 0 Å². The van der Waals surface area contributed by atoms with Crippen LogP contribution in [0.1, 0.15) is 36.9 Å². The maximum atomic E-state index is 5.06. The number of nitrogens with zero attached hydrogens (tertiary/aromatic N) is 3. The molecule has 0 bridgehead atoms. The first kappa shape index (κ1) is 27.3. The molecular weight excluding hydrogens is 546 g/mol. The fourth-order valence-electron chi connectivity index (χ4n) is 6.85. The molecule has 0 N–H and O–H groups in total. The monoisotopic (exact) mass is 581 g/mol. The lowest BCUT2D eigenvalue weighted by atomic mass is 9.95. The van der Waals surface area contributed by atoms with Crippen LogP contribution in [0.2, 0.25) is 0 Å². The molecule has 1 aliphatic rings. The minimum Gasteiger partial charge on any atom is -0.313 e. The van der Waals surface area contributed by atoms with Gasteiger partial charge in [0.05, 0.1) is 16.9 Å². The molecule has 0 unspecified atom stereocenters. The summed E-state index contributed by atoms with van der Waals surface area (Å²) in [7, 11) is 0. The summed E-state index contributed by atoms with van der Waals surface area (Å²) in [6, 6.07) is 49.5. The Labute approximate surface area is 264 Å². The van der Waals surface area contributed by atoms with Crippen molar-refractivity contribution < 1.29 is 0 Å². The van der Waals surface area contributed by atoms with Gasteiger partial charge in [-0.2, -0.15) is 0 Å². The van der Waals surface area contributed by atoms with Crippen molar-refractivity contribution in [1.29, 1.82) is 0 Å². The van der Waals surface area contributed by atoms with Crippen LogP contribution in [0.3, 0.4) is 0 Å². The molecule has 3 nitrogen and oxygen atoms in total. The third kappa shape index (κ3) is 5.36. The summed E-state index contributed by atoms with van der Waals surface area (Å²) < 4.78 is 2.53. The van der Waals surface area contributed by atoms with Gasteiger partial charge in [0.1, 0.15) is 0 Å². The predicted octanol–water partition coefficient (Wildman–Crippen LogP) is 10.7. The Kier molecular flexibility index (Phi) is 7.28. The molecule has 1 aliphatic carbocycles. The zero-order valence-corrected chi connectivity index (χ0v) is 25.4. The largest absolute Gasteiger partial charge is 0.313 e. The van der Waals surface area contributed by atoms with E-state index in [0.717, 1.165) is 46.7 Å². The minimum absolute atomic E-state index is 0.739. The van der Waals surface area contributed by atoms with Crippen LogP contribution in [0.15, 0.2) is 140 Å². The number of hydrogen-bond acceptors (Lipinski definition) is 2. The summed E-state index contributed by atoms with van der Waals surface area (Å²) in [4.78, 5) is 10.0. The number of aryl methyl sites for hydroxylation is 1. The Balaban J connectivity index is 1.24. The third-order valence-corrected chi connectivity index (χ3v) is 9.13. The summed E-state index contributed by atoms with van der Waals surface area (Å²) in [6.45, 7) is 0. The first-order valence-electron chi connectivity index (χ1n) is 16.1. The summed E-state index contributed by atoms with van der Waals surface area (Å²) in [5.41, 5.74) is 13.1. The van der Waals surface area contributed by atoms with Gasteiger partial charge in [-0.15, -0.1) is 0 Å². The summed E-state index contributed by atoms with van der Waals surface area (Å²) >= 11 is 0. The number of benzene rings is 5. The zero-order valence-electron chi connectivity index (χ0n) is 25.4. The van der Waals surface area contributed by atoms with E-state index in [1.54, 1.807) is 0 Å². The van der Waals surface area contributed by atoms with Crippen molar-refractivity contribution in [2.45, 2.75) is 38.5 Å². The highest BCUT2D eigenvalue weighted by Gasteiger charge is 2.20. The molecule has 45 heavy (non-hydrogen) atoms. The molecule has 0 saturated heterocycles. The van der Waals surface area contributed by atoms with E-state index in [9.17, 15) is 0 Å². The van der Waals surface area contributed by atoms with Crippen molar-refractivity contribution in [3.05, 3.63) is 151 Å². The third-order valence-electron chi connectivity index (χ3n) is 9.13. The first-order chi connectivity index (χ1) is 22.3. The van der Waals surface area contributed by atoms with Crippen LogP contribution in [-0.4, -0.2) is 14.5 Å². The maximum Gasteiger partial charge on any atom is 0.160 e. The Morgan fingerprint density at radius 2 is 1.00 bits per heavy atom. The summed E-state index contributed by atoms with van der Waals surface area (Å²) in [5, 5.41) is 1.40. The van der Waals surface area contributed by atoms with Gasteiger partial charge < -0.3 is 4.57 Å². The molecule has 218 valence electrons. The van der Waals surface area contributed by atoms with E-state index in [2.05, 4.69) is 120 Å². The molecule has 0 saturated carbocycles. The summed E-state index contributed by atoms with van der Waals surface area (Å²) in [6.07, 6.45) is 7.35. The lowest BCUT2D eigenvalue weighted by Gasteiger charge is -2.15. The molecule has 0 fully saturated rings. The Bertz CT molecular complexity index is 2020. The smallest absolute Gasteiger partial charge is 0.160 e. The normalized spacial score (nSPS) is 13.2. The van der Waals surface area contributed by atoms with Crippen molar-refractivity contribution in [3.63, 3.8) is 0 Å². The van der Waals surface area contributed by atoms with E-state index in [4.69, 9.17) is 9.97 Å². The molecule has 0 amide bonds. The lowest BCUT2D eigenvalue weighted by Crippen LogP contribution is -2.05. The molecule has 0 aliphatic heterocycles. The molecule has 0 spiro atoms. The molecular formula is C42H35N3. The van der Waals surface area contributed by atoms with Crippen LogP contribution >= 0.6 is 0 Å². The molecule has 2 aromatic heterocycles. The van der Waals surface area contributed by atoms with E-state index in [1.807, 2.05) is 24.3 Å². The predicted molar refractivity (Wildman–Crippen MR) is 186 cm³/mol. The van der Waals surface area contributed by atoms with Gasteiger partial charge in [-0.1, -0.05) is 122 Å². The highest BCUT2D eigenvalue weighted by Crippen LogP contribution is 2.37. The molecule has 8 rings (SSSR count). The second-order valence-corrected chi connectivity index (χ2v) is 12.0. The van der Waals surface area contributed by atoms with E-state index >= 15 is 0 Å². The first-order valence-corrected chi connectivity index (χ1v) is 16.1. The number of aromatic nitrogens is 3. The van der Waals surface area contributed by atoms with Gasteiger partial charge in [-0.3, -0.25) is 0 Å². The van der Waals surface area contributed by atoms with Crippen molar-refractivity contribution in [2.75, 3.05) is 0 Å². The van der Waals surface area contributed by atoms with Crippen molar-refractivity contribution in [1.82, 2.24) is 14.5 Å². The van der Waals surface area contributed by atoms with Gasteiger partial charge in [0.25, 0.3) is 0 Å². The zero-order chi connectivity index (χ0) is 30.0. The van der Waals surface area contributed by atoms with Gasteiger partial charge in [-0.05, 0) is 72.7 Å². The minimum atomic E-state index is 0.739. The van der Waals surface area contributed by atoms with Gasteiger partial charge in [0, 0.05) is 33.5 Å². The Morgan fingerprint density at radius 1 is 0.444 bits per heavy atom. The van der Waals surface area contributed by atoms with E-state index in [1.165, 1.54) is 64.7 Å². The SMILES string of the molecule is c1ccc(-c2ccc3c(c2)c2c(n3-c3ccc(-c4cc(-c5ccccc5)nc(-c5ccccc5)n4)cc3)CCCCCC2)cc1. The number of rotatable bonds is 5. The van der Waals surface area contributed by atoms with Gasteiger partial charge in [0.2, 0.25) is 0 Å². The average Bonchev–Trinajstić information content (AvgIpc) is 3.40. The van der Waals surface area contributed by atoms with E-state index in [0.29, 0.717) is 0 Å². The fourth-order valence-corrected chi connectivity index (χ4v) is 6.85. The second kappa shape index (κ2) is 12.0. The standard InChI is InChI=1S/C42H35N3/c1-2-13-21-40-36(20-12-1)37-28-34(30-14-6-3-7-15-30)24-27-41(37)45(40)35-25-22-32(23-26-35)39-29-38(31-16-8-4-9-17-31)43-42(44-39)33-18-10-5-11-19-33/h3-11,14-19,22-29H,1-2,12-13,20-21H2. The van der Waals surface area contributed by atoms with Crippen LogP contribution in [0.4, 0.5) is 0 Å². The van der Waals surface area contributed by atoms with Crippen molar-refractivity contribution in [3.8, 4) is 50.7 Å². The Morgan fingerprint density at radius 3 is 1.67 bits per heavy atom. The lowest BCUT2D eigenvalue weighted by molar-refractivity contribution is 0.608. The fraction of sp³-hybridized carbons (Fsp3) is 0.143. The molecule has 7 aromatic rings. The van der Waals surface area contributed by atoms with Crippen molar-refractivity contribution >= 4 is 10.9 Å². The van der Waals surface area contributed by atoms with Crippen LogP contribution in [0, 0.1) is 0 Å². The Hall–Kier alpha value is -5.28. The van der Waals surface area contributed by atoms with Crippen LogP contribution in [-0.2, 0) is 12.8 Å². The highest BCUT2D eigenvalue weighted by molar-refractivity contribution is 5.91. The van der Waals surface area contributed by atoms with Crippen LogP contribution < -0.4 is 0 Å². The quantitative estimate of drug-likeness (QED) is 0.202. The highest BCUT2D eigenvalue weighted by atomic mass is 15.0. The molecule has 3 heteroatoms. The topological polar surface area (TPSA) is 30.7 Å². The van der Waals surface area contributed by atoms with E-state index < -0.39 is 0 Å². The summed E-state index contributed by atoms with van der Waals surface area (Å²) in [5.74, 6) is 0.739. The average molecular weight is 582 g/mol. The number of hydrogen-bond donors (Lipinski definition) is 0. The van der Waals surface area contributed by atoms with Crippen LogP contribution in [0.25, 0.3) is 61.6 Å². The molecule has 0 radical (unpaired) electrons. The van der Waals surface area contributed by atoms with Crippen LogP contribution in [0.5, 0.6) is 0 Å². The molecule has 2 heterocycles.